The van der Waals surface area contributed by atoms with Crippen LogP contribution < -0.4 is 0 Å². The van der Waals surface area contributed by atoms with E-state index < -0.39 is 5.97 Å². The van der Waals surface area contributed by atoms with E-state index in [0.29, 0.717) is 12.2 Å². The van der Waals surface area contributed by atoms with Crippen molar-refractivity contribution in [2.24, 2.45) is 7.05 Å². The Morgan fingerprint density at radius 3 is 2.88 bits per heavy atom. The van der Waals surface area contributed by atoms with Crippen LogP contribution in [0.2, 0.25) is 0 Å². The number of carboxylic acids is 1. The minimum atomic E-state index is -0.928. The summed E-state index contributed by atoms with van der Waals surface area (Å²) in [5, 5.41) is 13.3. The van der Waals surface area contributed by atoms with Gasteiger partial charge in [-0.2, -0.15) is 5.10 Å². The van der Waals surface area contributed by atoms with Crippen LogP contribution in [0.1, 0.15) is 28.6 Å². The Morgan fingerprint density at radius 2 is 2.17 bits per heavy atom. The fourth-order valence-corrected chi connectivity index (χ4v) is 3.28. The summed E-state index contributed by atoms with van der Waals surface area (Å²) in [6, 6.07) is 9.48. The van der Waals surface area contributed by atoms with Gasteiger partial charge in [-0.1, -0.05) is 30.8 Å². The zero-order valence-corrected chi connectivity index (χ0v) is 13.5. The molecule has 1 aromatic carbocycles. The second-order valence-electron chi connectivity index (χ2n) is 5.84. The number of fused-ring (bicyclic) bond motifs is 1. The lowest BCUT2D eigenvalue weighted by Crippen LogP contribution is -2.40. The summed E-state index contributed by atoms with van der Waals surface area (Å²) < 4.78 is 1.66. The van der Waals surface area contributed by atoms with Gasteiger partial charge in [0.25, 0.3) is 0 Å². The van der Waals surface area contributed by atoms with Crippen molar-refractivity contribution >= 4 is 11.9 Å². The summed E-state index contributed by atoms with van der Waals surface area (Å²) >= 11 is 0. The summed E-state index contributed by atoms with van der Waals surface area (Å²) in [7, 11) is 1.77. The van der Waals surface area contributed by atoms with E-state index in [4.69, 9.17) is 5.11 Å². The largest absolute Gasteiger partial charge is 0.481 e. The lowest BCUT2D eigenvalue weighted by atomic mass is 9.90. The van der Waals surface area contributed by atoms with Crippen LogP contribution in [0.5, 0.6) is 0 Å². The summed E-state index contributed by atoms with van der Waals surface area (Å²) in [6.45, 7) is 4.18. The van der Waals surface area contributed by atoms with E-state index in [2.05, 4.69) is 17.7 Å². The van der Waals surface area contributed by atoms with Crippen molar-refractivity contribution in [1.29, 1.82) is 0 Å². The van der Waals surface area contributed by atoms with Crippen molar-refractivity contribution in [2.45, 2.75) is 18.9 Å². The number of hydrogen-bond donors (Lipinski definition) is 1. The summed E-state index contributed by atoms with van der Waals surface area (Å²) in [4.78, 5) is 25.1. The molecule has 1 aromatic heterocycles. The number of carbonyl (C=O) groups excluding carboxylic acids is 1. The van der Waals surface area contributed by atoms with Gasteiger partial charge in [0.05, 0.1) is 23.9 Å². The second kappa shape index (κ2) is 6.31. The molecule has 1 amide bonds. The van der Waals surface area contributed by atoms with Gasteiger partial charge in [-0.25, -0.2) is 0 Å². The van der Waals surface area contributed by atoms with Crippen LogP contribution in [-0.4, -0.2) is 38.2 Å². The van der Waals surface area contributed by atoms with Crippen LogP contribution in [0.15, 0.2) is 43.0 Å². The Balaban J connectivity index is 2.10. The third kappa shape index (κ3) is 2.82. The van der Waals surface area contributed by atoms with E-state index in [0.717, 1.165) is 17.7 Å². The van der Waals surface area contributed by atoms with Crippen molar-refractivity contribution in [3.8, 4) is 0 Å². The van der Waals surface area contributed by atoms with Crippen LogP contribution in [0, 0.1) is 0 Å². The molecular formula is C18H19N3O3. The van der Waals surface area contributed by atoms with Crippen LogP contribution in [0.4, 0.5) is 0 Å². The average Bonchev–Trinajstić information content (AvgIpc) is 2.92. The highest BCUT2D eigenvalue weighted by Gasteiger charge is 2.33. The molecule has 0 radical (unpaired) electrons. The van der Waals surface area contributed by atoms with Gasteiger partial charge < -0.3 is 10.0 Å². The Morgan fingerprint density at radius 1 is 1.42 bits per heavy atom. The van der Waals surface area contributed by atoms with Crippen LogP contribution >= 0.6 is 0 Å². The molecule has 0 spiro atoms. The van der Waals surface area contributed by atoms with Gasteiger partial charge >= 0.3 is 5.97 Å². The number of aliphatic carboxylic acids is 1. The minimum Gasteiger partial charge on any atom is -0.481 e. The van der Waals surface area contributed by atoms with E-state index in [9.17, 15) is 9.59 Å². The second-order valence-corrected chi connectivity index (χ2v) is 5.84. The zero-order chi connectivity index (χ0) is 17.3. The molecule has 0 bridgehead atoms. The molecule has 2 heterocycles. The van der Waals surface area contributed by atoms with Gasteiger partial charge in [-0.15, -0.1) is 0 Å². The number of benzene rings is 1. The standard InChI is InChI=1S/C18H19N3O3/c1-3-16(22)21-9-8-12-6-4-5-7-14(12)18(21)15-10-13(11-17(23)24)19-20(15)2/h3-7,10,18H,1,8-9,11H2,2H3,(H,23,24). The fraction of sp³-hybridized carbons (Fsp3) is 0.278. The highest BCUT2D eigenvalue weighted by atomic mass is 16.4. The first-order chi connectivity index (χ1) is 11.5. The molecule has 1 N–H and O–H groups in total. The van der Waals surface area contributed by atoms with Gasteiger partial charge in [0.2, 0.25) is 5.91 Å². The first-order valence-electron chi connectivity index (χ1n) is 7.76. The van der Waals surface area contributed by atoms with Crippen molar-refractivity contribution in [3.05, 3.63) is 65.5 Å². The number of aromatic nitrogens is 2. The highest BCUT2D eigenvalue weighted by molar-refractivity contribution is 5.88. The van der Waals surface area contributed by atoms with Gasteiger partial charge in [0.1, 0.15) is 0 Å². The first-order valence-corrected chi connectivity index (χ1v) is 7.76. The van der Waals surface area contributed by atoms with Crippen LogP contribution in [0.25, 0.3) is 0 Å². The number of carbonyl (C=O) groups is 2. The molecule has 1 atom stereocenters. The quantitative estimate of drug-likeness (QED) is 0.868. The topological polar surface area (TPSA) is 75.4 Å². The Kier molecular flexibility index (Phi) is 4.20. The lowest BCUT2D eigenvalue weighted by Gasteiger charge is -2.36. The molecule has 0 aliphatic carbocycles. The SMILES string of the molecule is C=CC(=O)N1CCc2ccccc2C1c1cc(CC(=O)O)nn1C. The molecule has 3 rings (SSSR count). The predicted octanol–water partition coefficient (Wildman–Crippen LogP) is 1.71. The van der Waals surface area contributed by atoms with E-state index in [1.165, 1.54) is 11.6 Å². The monoisotopic (exact) mass is 325 g/mol. The fourth-order valence-electron chi connectivity index (χ4n) is 3.28. The Hall–Kier alpha value is -2.89. The first kappa shape index (κ1) is 16.0. The maximum Gasteiger partial charge on any atom is 0.309 e. The smallest absolute Gasteiger partial charge is 0.309 e. The molecule has 0 fully saturated rings. The predicted molar refractivity (Wildman–Crippen MR) is 88.4 cm³/mol. The maximum absolute atomic E-state index is 12.3. The third-order valence-electron chi connectivity index (χ3n) is 4.32. The van der Waals surface area contributed by atoms with Crippen molar-refractivity contribution < 1.29 is 14.7 Å². The molecule has 2 aromatic rings. The molecule has 24 heavy (non-hydrogen) atoms. The number of amides is 1. The number of aryl methyl sites for hydroxylation is 1. The van der Waals surface area contributed by atoms with Gasteiger partial charge in [0, 0.05) is 13.6 Å². The lowest BCUT2D eigenvalue weighted by molar-refractivity contribution is -0.136. The average molecular weight is 325 g/mol. The molecule has 0 saturated heterocycles. The maximum atomic E-state index is 12.3. The van der Waals surface area contributed by atoms with E-state index in [1.54, 1.807) is 22.7 Å². The van der Waals surface area contributed by atoms with E-state index in [1.807, 2.05) is 18.2 Å². The molecular weight excluding hydrogens is 306 g/mol. The van der Waals surface area contributed by atoms with Crippen molar-refractivity contribution in [1.82, 2.24) is 14.7 Å². The Labute approximate surface area is 140 Å². The molecule has 6 heteroatoms. The van der Waals surface area contributed by atoms with E-state index in [-0.39, 0.29) is 18.4 Å². The summed E-state index contributed by atoms with van der Waals surface area (Å²) in [6.07, 6.45) is 1.96. The van der Waals surface area contributed by atoms with Gasteiger partial charge in [-0.3, -0.25) is 14.3 Å². The number of hydrogen-bond acceptors (Lipinski definition) is 3. The number of carboxylic acid groups (broad SMARTS) is 1. The van der Waals surface area contributed by atoms with Gasteiger partial charge in [0.15, 0.2) is 0 Å². The summed E-state index contributed by atoms with van der Waals surface area (Å²) in [5.74, 6) is -1.07. The van der Waals surface area contributed by atoms with Crippen LogP contribution in [-0.2, 0) is 29.5 Å². The van der Waals surface area contributed by atoms with E-state index >= 15 is 0 Å². The Bertz CT molecular complexity index is 810. The normalized spacial score (nSPS) is 16.5. The highest BCUT2D eigenvalue weighted by Crippen LogP contribution is 2.35. The molecule has 1 unspecified atom stereocenters. The molecule has 6 nitrogen and oxygen atoms in total. The molecule has 1 aliphatic heterocycles. The minimum absolute atomic E-state index is 0.141. The number of rotatable bonds is 4. The van der Waals surface area contributed by atoms with Crippen molar-refractivity contribution in [3.63, 3.8) is 0 Å². The third-order valence-corrected chi connectivity index (χ3v) is 4.32. The molecule has 1 aliphatic rings. The molecule has 0 saturated carbocycles. The summed E-state index contributed by atoms with van der Waals surface area (Å²) in [5.41, 5.74) is 3.52. The molecule has 124 valence electrons. The van der Waals surface area contributed by atoms with Crippen molar-refractivity contribution in [2.75, 3.05) is 6.54 Å². The number of nitrogens with zero attached hydrogens (tertiary/aromatic N) is 3. The zero-order valence-electron chi connectivity index (χ0n) is 13.5. The van der Waals surface area contributed by atoms with Gasteiger partial charge in [-0.05, 0) is 29.7 Å². The van der Waals surface area contributed by atoms with Crippen LogP contribution in [0.3, 0.4) is 0 Å².